The van der Waals surface area contributed by atoms with Crippen LogP contribution < -0.4 is 30.7 Å². The van der Waals surface area contributed by atoms with Gasteiger partial charge in [0.2, 0.25) is 10.6 Å². The summed E-state index contributed by atoms with van der Waals surface area (Å²) in [4.78, 5) is 68.8. The van der Waals surface area contributed by atoms with Gasteiger partial charge in [-0.2, -0.15) is 35.6 Å². The molecule has 0 radical (unpaired) electrons. The van der Waals surface area contributed by atoms with Crippen LogP contribution in [0.3, 0.4) is 0 Å². The number of nitriles is 1. The topological polar surface area (TPSA) is 479 Å². The number of carbonyl (C=O) groups is 2. The Morgan fingerprint density at radius 1 is 0.692 bits per heavy atom. The zero-order chi connectivity index (χ0) is 81.3. The summed E-state index contributed by atoms with van der Waals surface area (Å²) < 4.78 is 17.9. The maximum atomic E-state index is 12.6. The molecule has 0 saturated carbocycles. The fourth-order valence-corrected chi connectivity index (χ4v) is 16.2. The van der Waals surface area contributed by atoms with Crippen molar-refractivity contribution in [3.8, 4) is 11.9 Å². The number of esters is 1. The van der Waals surface area contributed by atoms with E-state index in [9.17, 15) is 61.1 Å². The minimum atomic E-state index is -0.789. The standard InChI is InChI=1S/C19H33ClN8O3.C16H25N4O4.C14H25N5O3.2C9H18N2O4/c1-18(2)13-15(14-19(3,4)27(18)29)21-7-8-25-9-11-26(12-10-25)28(30)24-31-16-5-6-22-17(20)23-16;1-10(13-12(9-17)19(6)24-18-13)23-14(21)11-7-15(2,3)20(22)16(4,5)8-11;1-13(2)6-9(7-14(3,4)19(13)21)16-8-10-11(12(15)20)18(5)22-17-10;1-8(2)5-7(6-15-11(13)14)9(3,4)10(8)12;1-8(2)5-7(15-11(13)14)6-9(3,4)10(8)12/h5-6,15,21,29H,7-14H2,1-4H3;10-11,22H,7-8H2,1-6H3;9,16,21H,6-8H2,1-5H3,(H-,15,20);2*7,12H,5-6H2,1-4H3/q;+1;;;/p+1/b28-24-;;;;. The number of aryl methyl sites for hydroxylation is 2. The second kappa shape index (κ2) is 35.3. The molecule has 39 nitrogen and oxygen atoms in total. The zero-order valence-corrected chi connectivity index (χ0v) is 67.4. The smallest absolute Gasteiger partial charge is 0.309 e. The first-order valence-electron chi connectivity index (χ1n) is 35.9. The number of hydroxylamine groups is 10. The Bertz CT molecular complexity index is 3480. The maximum absolute atomic E-state index is 12.6. The van der Waals surface area contributed by atoms with E-state index < -0.39 is 56.0 Å². The number of aromatic nitrogens is 6. The molecule has 9 heterocycles. The second-order valence-corrected chi connectivity index (χ2v) is 35.1. The van der Waals surface area contributed by atoms with E-state index in [0.717, 1.165) is 51.9 Å². The zero-order valence-electron chi connectivity index (χ0n) is 66.7. The van der Waals surface area contributed by atoms with Crippen LogP contribution in [-0.4, -0.2) is 228 Å². The van der Waals surface area contributed by atoms with Gasteiger partial charge in [-0.05, 0) is 220 Å². The van der Waals surface area contributed by atoms with Gasteiger partial charge in [0.1, 0.15) is 26.8 Å². The van der Waals surface area contributed by atoms with Gasteiger partial charge in [-0.25, -0.2) is 4.98 Å². The van der Waals surface area contributed by atoms with Crippen LogP contribution in [0, 0.1) is 48.6 Å². The summed E-state index contributed by atoms with van der Waals surface area (Å²) >= 11 is 5.68. The number of amides is 1. The van der Waals surface area contributed by atoms with Crippen LogP contribution in [0.1, 0.15) is 237 Å². The summed E-state index contributed by atoms with van der Waals surface area (Å²) in [6.45, 7) is 45.3. The SMILES string of the molecule is CC(OC(=O)C1CC(C)(C)N(O)C(C)(C)C1)c1no[n+](C)c1C#N.CC1(C)CC(CO[N+](=O)[O-])C(C)(C)N1O.CC1(C)CC(NCCN2CCN(/[N+]([O-])=N/Oc3ccnc(Cl)n3)CC2)CC(C)(C)N1O.CC1(C)CC(O[N+](=O)[O-])CC(C)(C)N1O.C[n+]1onc(CNC2CC(C)(C)N(O)C(C)(C)C2)c1C(N)=O. The lowest BCUT2D eigenvalue weighted by atomic mass is 9.75. The molecule has 0 aliphatic carbocycles. The summed E-state index contributed by atoms with van der Waals surface area (Å²) in [5.74, 6) is -1.20. The van der Waals surface area contributed by atoms with Gasteiger partial charge in [0.25, 0.3) is 39.0 Å². The average Bonchev–Trinajstić information content (AvgIpc) is 1.69. The lowest BCUT2D eigenvalue weighted by molar-refractivity contribution is -0.855. The first-order valence-corrected chi connectivity index (χ1v) is 36.2. The molecule has 40 heteroatoms. The molecule has 2 atom stereocenters. The number of carbonyl (C=O) groups excluding carboxylic acids is 2. The number of hydrazine groups is 1. The van der Waals surface area contributed by atoms with Crippen molar-refractivity contribution in [1.82, 2.24) is 66.1 Å². The van der Waals surface area contributed by atoms with Gasteiger partial charge < -0.3 is 62.0 Å². The van der Waals surface area contributed by atoms with Crippen LogP contribution in [-0.2, 0) is 39.8 Å². The fraction of sp³-hybridized carbons (Fsp3) is 0.836. The molecular formula is C67H120ClN21O18+2. The molecule has 6 aliphatic heterocycles. The minimum absolute atomic E-state index is 0.0283. The molecule has 6 aliphatic rings. The first-order chi connectivity index (χ1) is 48.9. The van der Waals surface area contributed by atoms with Gasteiger partial charge in [0.15, 0.2) is 22.5 Å². The highest BCUT2D eigenvalue weighted by atomic mass is 35.5. The molecule has 3 aromatic heterocycles. The van der Waals surface area contributed by atoms with E-state index in [0.29, 0.717) is 74.1 Å². The second-order valence-electron chi connectivity index (χ2n) is 34.8. The van der Waals surface area contributed by atoms with Crippen LogP contribution in [0.25, 0.3) is 0 Å². The number of halogens is 1. The third-order valence-electron chi connectivity index (χ3n) is 20.8. The van der Waals surface area contributed by atoms with E-state index in [1.54, 1.807) is 26.0 Å². The highest BCUT2D eigenvalue weighted by Crippen LogP contribution is 2.45. The molecule has 0 aromatic carbocycles. The average molecular weight is 1540 g/mol. The van der Waals surface area contributed by atoms with E-state index >= 15 is 0 Å². The number of primary amides is 1. The highest BCUT2D eigenvalue weighted by molar-refractivity contribution is 6.28. The highest BCUT2D eigenvalue weighted by Gasteiger charge is 2.53. The molecule has 9 N–H and O–H groups in total. The third-order valence-corrected chi connectivity index (χ3v) is 21.0. The van der Waals surface area contributed by atoms with E-state index in [1.165, 1.54) is 47.1 Å². The van der Waals surface area contributed by atoms with Crippen LogP contribution >= 0.6 is 11.6 Å². The summed E-state index contributed by atoms with van der Waals surface area (Å²) in [6.07, 6.45) is 6.15. The van der Waals surface area contributed by atoms with Crippen LogP contribution in [0.15, 0.2) is 26.8 Å². The molecule has 3 aromatic rings. The van der Waals surface area contributed by atoms with Gasteiger partial charge in [-0.15, -0.1) is 25.2 Å². The predicted molar refractivity (Wildman–Crippen MR) is 380 cm³/mol. The number of hydrogen-bond acceptors (Lipinski definition) is 32. The Hall–Kier alpha value is -7.04. The molecule has 606 valence electrons. The van der Waals surface area contributed by atoms with Gasteiger partial charge in [-0.3, -0.25) is 19.3 Å². The summed E-state index contributed by atoms with van der Waals surface area (Å²) in [5, 5.41) is 118. The van der Waals surface area contributed by atoms with Crippen molar-refractivity contribution in [3.05, 3.63) is 65.8 Å². The van der Waals surface area contributed by atoms with E-state index in [1.807, 2.05) is 117 Å². The number of nitrogens with two attached hydrogens (primary N) is 1. The Labute approximate surface area is 631 Å². The Morgan fingerprint density at radius 2 is 1.15 bits per heavy atom. The van der Waals surface area contributed by atoms with Crippen LogP contribution in [0.2, 0.25) is 5.28 Å². The molecule has 107 heavy (non-hydrogen) atoms. The molecule has 1 amide bonds. The predicted octanol–water partition coefficient (Wildman–Crippen LogP) is 6.72. The van der Waals surface area contributed by atoms with Crippen molar-refractivity contribution in [3.63, 3.8) is 0 Å². The van der Waals surface area contributed by atoms with Crippen LogP contribution in [0.4, 0.5) is 0 Å². The molecular weight excluding hydrogens is 1420 g/mol. The molecule has 0 spiro atoms. The number of piperidine rings is 4. The van der Waals surface area contributed by atoms with Crippen molar-refractivity contribution in [2.24, 2.45) is 36.9 Å². The molecule has 0 bridgehead atoms. The summed E-state index contributed by atoms with van der Waals surface area (Å²) in [5.41, 5.74) is 2.49. The normalized spacial score (nSPS) is 23.9. The number of nitrogens with zero attached hydrogens (tertiary/aromatic N) is 18. The number of hydrogen-bond donors (Lipinski definition) is 8. The fourth-order valence-electron chi connectivity index (χ4n) is 16.1. The van der Waals surface area contributed by atoms with Crippen molar-refractivity contribution < 1.29 is 88.8 Å². The van der Waals surface area contributed by atoms with E-state index in [-0.39, 0.29) is 80.7 Å². The number of ether oxygens (including phenoxy) is 1. The van der Waals surface area contributed by atoms with Gasteiger partial charge in [0.05, 0.1) is 30.5 Å². The number of piperazine rings is 1. The van der Waals surface area contributed by atoms with Gasteiger partial charge in [0, 0.05) is 112 Å². The Balaban J connectivity index is 0.000000246. The first kappa shape index (κ1) is 90.6. The molecule has 2 unspecified atom stereocenters. The summed E-state index contributed by atoms with van der Waals surface area (Å²) in [6, 6.07) is 4.01. The van der Waals surface area contributed by atoms with Crippen LogP contribution in [0.5, 0.6) is 5.88 Å². The number of nitrogens with one attached hydrogen (secondary N) is 2. The Kier molecular flexibility index (Phi) is 29.9. The molecule has 6 fully saturated rings. The van der Waals surface area contributed by atoms with Gasteiger partial charge >= 0.3 is 11.7 Å². The van der Waals surface area contributed by atoms with E-state index in [2.05, 4.69) is 78.5 Å². The minimum Gasteiger partial charge on any atom is -0.569 e. The van der Waals surface area contributed by atoms with Crippen molar-refractivity contribution >= 4 is 23.5 Å². The number of rotatable bonds is 19. The van der Waals surface area contributed by atoms with E-state index in [4.69, 9.17) is 41.4 Å². The quantitative estimate of drug-likeness (QED) is 0.0154. The van der Waals surface area contributed by atoms with Crippen molar-refractivity contribution in [2.75, 3.05) is 45.9 Å². The lowest BCUT2D eigenvalue weighted by Crippen LogP contribution is -2.62. The van der Waals surface area contributed by atoms with Gasteiger partial charge in [-0.1, -0.05) is 14.0 Å². The third kappa shape index (κ3) is 24.0. The van der Waals surface area contributed by atoms with Crippen molar-refractivity contribution in [2.45, 2.75) is 289 Å². The summed E-state index contributed by atoms with van der Waals surface area (Å²) in [7, 11) is 3.15. The monoisotopic (exact) mass is 1540 g/mol. The molecule has 9 rings (SSSR count). The Morgan fingerprint density at radius 3 is 1.59 bits per heavy atom. The largest absolute Gasteiger partial charge is 0.569 e. The maximum Gasteiger partial charge on any atom is 0.309 e. The van der Waals surface area contributed by atoms with Crippen molar-refractivity contribution in [1.29, 1.82) is 5.26 Å². The molecule has 6 saturated heterocycles. The lowest BCUT2D eigenvalue weighted by Gasteiger charge is -2.51.